The molecule has 1 heterocycles. The highest BCUT2D eigenvalue weighted by molar-refractivity contribution is 5.30. The topological polar surface area (TPSA) is 45.3 Å². The first-order chi connectivity index (χ1) is 8.26. The van der Waals surface area contributed by atoms with Gasteiger partial charge < -0.3 is 10.1 Å². The molecule has 0 amide bonds. The van der Waals surface area contributed by atoms with E-state index in [0.29, 0.717) is 18.0 Å². The van der Waals surface area contributed by atoms with Crippen molar-refractivity contribution in [3.8, 4) is 5.75 Å². The van der Waals surface area contributed by atoms with Crippen LogP contribution in [0, 0.1) is 5.92 Å². The highest BCUT2D eigenvalue weighted by atomic mass is 16.5. The van der Waals surface area contributed by atoms with E-state index in [4.69, 9.17) is 4.74 Å². The number of nitrogens with one attached hydrogen (secondary N) is 3. The molecule has 17 heavy (non-hydrogen) atoms. The summed E-state index contributed by atoms with van der Waals surface area (Å²) in [6.45, 7) is 3.24. The monoisotopic (exact) mass is 235 g/mol. The molecule has 1 aromatic carbocycles. The van der Waals surface area contributed by atoms with Gasteiger partial charge in [-0.15, -0.1) is 0 Å². The molecule has 1 aromatic rings. The van der Waals surface area contributed by atoms with Crippen LogP contribution in [0.5, 0.6) is 5.75 Å². The van der Waals surface area contributed by atoms with Gasteiger partial charge in [-0.2, -0.15) is 0 Å². The van der Waals surface area contributed by atoms with Crippen molar-refractivity contribution in [1.29, 1.82) is 0 Å². The van der Waals surface area contributed by atoms with Crippen molar-refractivity contribution in [2.45, 2.75) is 19.0 Å². The van der Waals surface area contributed by atoms with E-state index in [9.17, 15) is 0 Å². The summed E-state index contributed by atoms with van der Waals surface area (Å²) in [7, 11) is 3.67. The Bertz CT molecular complexity index is 352. The Morgan fingerprint density at radius 3 is 2.53 bits per heavy atom. The van der Waals surface area contributed by atoms with Crippen LogP contribution in [0.25, 0.3) is 0 Å². The second-order valence-corrected chi connectivity index (χ2v) is 4.56. The first kappa shape index (κ1) is 12.4. The summed E-state index contributed by atoms with van der Waals surface area (Å²) >= 11 is 0. The summed E-state index contributed by atoms with van der Waals surface area (Å²) in [5, 5.41) is 3.21. The van der Waals surface area contributed by atoms with Crippen molar-refractivity contribution in [3.63, 3.8) is 0 Å². The molecule has 3 unspecified atom stereocenters. The molecule has 94 valence electrons. The van der Waals surface area contributed by atoms with Crippen LogP contribution in [0.4, 0.5) is 0 Å². The van der Waals surface area contributed by atoms with E-state index >= 15 is 0 Å². The molecule has 1 aliphatic heterocycles. The van der Waals surface area contributed by atoms with Crippen molar-refractivity contribution >= 4 is 0 Å². The minimum Gasteiger partial charge on any atom is -0.497 e. The molecule has 0 saturated carbocycles. The third-order valence-electron chi connectivity index (χ3n) is 3.48. The van der Waals surface area contributed by atoms with E-state index < -0.39 is 0 Å². The normalized spacial score (nSPS) is 28.3. The average Bonchev–Trinajstić information content (AvgIpc) is 2.72. The SMILES string of the molecule is CNCC1NNC(c2ccc(OC)cc2)C1C. The van der Waals surface area contributed by atoms with Gasteiger partial charge in [0.1, 0.15) is 5.75 Å². The van der Waals surface area contributed by atoms with Gasteiger partial charge in [0, 0.05) is 12.6 Å². The highest BCUT2D eigenvalue weighted by Crippen LogP contribution is 2.29. The number of benzene rings is 1. The summed E-state index contributed by atoms with van der Waals surface area (Å²) in [4.78, 5) is 0. The maximum atomic E-state index is 5.17. The lowest BCUT2D eigenvalue weighted by atomic mass is 9.91. The number of ether oxygens (including phenoxy) is 1. The zero-order chi connectivity index (χ0) is 12.3. The minimum absolute atomic E-state index is 0.360. The van der Waals surface area contributed by atoms with E-state index in [1.54, 1.807) is 7.11 Å². The van der Waals surface area contributed by atoms with Gasteiger partial charge in [0.2, 0.25) is 0 Å². The van der Waals surface area contributed by atoms with E-state index in [2.05, 4.69) is 35.2 Å². The average molecular weight is 235 g/mol. The highest BCUT2D eigenvalue weighted by Gasteiger charge is 2.32. The molecular formula is C13H21N3O. The van der Waals surface area contributed by atoms with Crippen molar-refractivity contribution in [3.05, 3.63) is 29.8 Å². The summed E-state index contributed by atoms with van der Waals surface area (Å²) in [5.74, 6) is 1.45. The first-order valence-electron chi connectivity index (χ1n) is 6.06. The van der Waals surface area contributed by atoms with Crippen LogP contribution in [0.3, 0.4) is 0 Å². The zero-order valence-corrected chi connectivity index (χ0v) is 10.7. The van der Waals surface area contributed by atoms with Crippen LogP contribution >= 0.6 is 0 Å². The standard InChI is InChI=1S/C13H21N3O/c1-9-12(8-14-2)15-16-13(9)10-4-6-11(17-3)7-5-10/h4-7,9,12-16H,8H2,1-3H3. The van der Waals surface area contributed by atoms with Gasteiger partial charge in [-0.25, -0.2) is 5.43 Å². The minimum atomic E-state index is 0.360. The number of hydrogen-bond acceptors (Lipinski definition) is 4. The van der Waals surface area contributed by atoms with Crippen molar-refractivity contribution in [1.82, 2.24) is 16.2 Å². The molecule has 2 rings (SSSR count). The fourth-order valence-electron chi connectivity index (χ4n) is 2.35. The van der Waals surface area contributed by atoms with Crippen LogP contribution in [0.2, 0.25) is 0 Å². The molecule has 0 radical (unpaired) electrons. The second kappa shape index (κ2) is 5.49. The van der Waals surface area contributed by atoms with Crippen molar-refractivity contribution in [2.75, 3.05) is 20.7 Å². The fraction of sp³-hybridized carbons (Fsp3) is 0.538. The van der Waals surface area contributed by atoms with Gasteiger partial charge >= 0.3 is 0 Å². The van der Waals surface area contributed by atoms with Gasteiger partial charge in [0.25, 0.3) is 0 Å². The van der Waals surface area contributed by atoms with Crippen LogP contribution in [-0.4, -0.2) is 26.7 Å². The van der Waals surface area contributed by atoms with Gasteiger partial charge in [-0.3, -0.25) is 5.43 Å². The van der Waals surface area contributed by atoms with E-state index in [0.717, 1.165) is 12.3 Å². The molecule has 3 atom stereocenters. The molecule has 3 N–H and O–H groups in total. The molecule has 4 nitrogen and oxygen atoms in total. The summed E-state index contributed by atoms with van der Waals surface area (Å²) in [6, 6.07) is 9.09. The zero-order valence-electron chi connectivity index (χ0n) is 10.7. The van der Waals surface area contributed by atoms with Crippen molar-refractivity contribution in [2.24, 2.45) is 5.92 Å². The van der Waals surface area contributed by atoms with Gasteiger partial charge in [0.05, 0.1) is 13.2 Å². The molecule has 0 spiro atoms. The molecule has 1 saturated heterocycles. The Kier molecular flexibility index (Phi) is 3.99. The second-order valence-electron chi connectivity index (χ2n) is 4.56. The number of methoxy groups -OCH3 is 1. The van der Waals surface area contributed by atoms with Crippen LogP contribution in [0.15, 0.2) is 24.3 Å². The predicted octanol–water partition coefficient (Wildman–Crippen LogP) is 1.07. The third kappa shape index (κ3) is 2.60. The predicted molar refractivity (Wildman–Crippen MR) is 68.9 cm³/mol. The van der Waals surface area contributed by atoms with E-state index in [1.165, 1.54) is 5.56 Å². The number of rotatable bonds is 4. The van der Waals surface area contributed by atoms with Crippen molar-refractivity contribution < 1.29 is 4.74 Å². The Morgan fingerprint density at radius 2 is 1.94 bits per heavy atom. The Hall–Kier alpha value is -1.10. The maximum absolute atomic E-state index is 5.17. The lowest BCUT2D eigenvalue weighted by Gasteiger charge is -2.18. The van der Waals surface area contributed by atoms with Gasteiger partial charge in [0.15, 0.2) is 0 Å². The molecule has 1 fully saturated rings. The smallest absolute Gasteiger partial charge is 0.118 e. The van der Waals surface area contributed by atoms with E-state index in [1.807, 2.05) is 19.2 Å². The number of hydrogen-bond donors (Lipinski definition) is 3. The molecule has 1 aliphatic rings. The lowest BCUT2D eigenvalue weighted by Crippen LogP contribution is -2.38. The Morgan fingerprint density at radius 1 is 1.24 bits per heavy atom. The molecule has 0 bridgehead atoms. The van der Waals surface area contributed by atoms with Crippen LogP contribution in [0.1, 0.15) is 18.5 Å². The fourth-order valence-corrected chi connectivity index (χ4v) is 2.35. The van der Waals surface area contributed by atoms with Crippen LogP contribution in [-0.2, 0) is 0 Å². The summed E-state index contributed by atoms with van der Waals surface area (Å²) in [6.07, 6.45) is 0. The Balaban J connectivity index is 2.07. The first-order valence-corrected chi connectivity index (χ1v) is 6.06. The summed E-state index contributed by atoms with van der Waals surface area (Å²) < 4.78 is 5.17. The quantitative estimate of drug-likeness (QED) is 0.730. The summed E-state index contributed by atoms with van der Waals surface area (Å²) in [5.41, 5.74) is 8.00. The maximum Gasteiger partial charge on any atom is 0.118 e. The van der Waals surface area contributed by atoms with Crippen LogP contribution < -0.4 is 20.9 Å². The lowest BCUT2D eigenvalue weighted by molar-refractivity contribution is 0.413. The number of hydrazine groups is 1. The Labute approximate surface area is 103 Å². The molecule has 0 aliphatic carbocycles. The molecular weight excluding hydrogens is 214 g/mol. The molecule has 0 aromatic heterocycles. The largest absolute Gasteiger partial charge is 0.497 e. The number of likely N-dealkylation sites (N-methyl/N-ethyl adjacent to an activating group) is 1. The van der Waals surface area contributed by atoms with Gasteiger partial charge in [-0.05, 0) is 30.7 Å². The molecule has 4 heteroatoms. The third-order valence-corrected chi connectivity index (χ3v) is 3.48. The van der Waals surface area contributed by atoms with E-state index in [-0.39, 0.29) is 0 Å². The van der Waals surface area contributed by atoms with Gasteiger partial charge in [-0.1, -0.05) is 19.1 Å².